The number of aromatic carboxylic acids is 1. The van der Waals surface area contributed by atoms with Crippen molar-refractivity contribution in [2.24, 2.45) is 0 Å². The molecular weight excluding hydrogens is 306 g/mol. The first kappa shape index (κ1) is 16.0. The van der Waals surface area contributed by atoms with E-state index < -0.39 is 5.97 Å². The van der Waals surface area contributed by atoms with Crippen LogP contribution in [0.3, 0.4) is 0 Å². The van der Waals surface area contributed by atoms with Gasteiger partial charge in [-0.3, -0.25) is 5.32 Å². The van der Waals surface area contributed by atoms with Gasteiger partial charge < -0.3 is 10.4 Å². The lowest BCUT2D eigenvalue weighted by molar-refractivity contribution is 0.0697. The van der Waals surface area contributed by atoms with E-state index in [2.05, 4.69) is 15.6 Å². The van der Waals surface area contributed by atoms with Crippen LogP contribution in [0.15, 0.2) is 36.5 Å². The summed E-state index contributed by atoms with van der Waals surface area (Å²) in [6, 6.07) is 8.00. The van der Waals surface area contributed by atoms with Crippen LogP contribution in [0.2, 0.25) is 0 Å². The van der Waals surface area contributed by atoms with Crippen molar-refractivity contribution < 1.29 is 14.7 Å². The Morgan fingerprint density at radius 3 is 2.50 bits per heavy atom. The third-order valence-electron chi connectivity index (χ3n) is 4.12. The van der Waals surface area contributed by atoms with Crippen molar-refractivity contribution in [1.82, 2.24) is 10.3 Å². The third kappa shape index (κ3) is 3.90. The zero-order chi connectivity index (χ0) is 16.9. The van der Waals surface area contributed by atoms with Gasteiger partial charge in [0.15, 0.2) is 0 Å². The highest BCUT2D eigenvalue weighted by atomic mass is 16.4. The number of nitrogens with zero attached hydrogens (tertiary/aromatic N) is 1. The van der Waals surface area contributed by atoms with Crippen LogP contribution < -0.4 is 10.6 Å². The van der Waals surface area contributed by atoms with Crippen LogP contribution in [0.5, 0.6) is 0 Å². The van der Waals surface area contributed by atoms with E-state index in [1.807, 2.05) is 12.3 Å². The fraction of sp³-hybridized carbons (Fsp3) is 0.278. The largest absolute Gasteiger partial charge is 0.478 e. The number of rotatable bonds is 4. The van der Waals surface area contributed by atoms with E-state index in [4.69, 9.17) is 5.11 Å². The summed E-state index contributed by atoms with van der Waals surface area (Å²) in [6.45, 7) is 0.316. The SMILES string of the molecule is O=C(NCc1ccc(C(=O)O)cc1)Nc1cc2c(cn1)CCCC2. The normalized spacial score (nSPS) is 13.0. The van der Waals surface area contributed by atoms with Gasteiger partial charge >= 0.3 is 12.0 Å². The molecule has 3 N–H and O–H groups in total. The van der Waals surface area contributed by atoms with Crippen molar-refractivity contribution in [2.75, 3.05) is 5.32 Å². The number of aryl methyl sites for hydroxylation is 2. The molecule has 1 aromatic heterocycles. The molecule has 0 saturated carbocycles. The first-order chi connectivity index (χ1) is 11.6. The number of urea groups is 1. The Hall–Kier alpha value is -2.89. The zero-order valence-electron chi connectivity index (χ0n) is 13.2. The first-order valence-corrected chi connectivity index (χ1v) is 7.97. The lowest BCUT2D eigenvalue weighted by Gasteiger charge is -2.16. The van der Waals surface area contributed by atoms with Crippen LogP contribution in [-0.2, 0) is 19.4 Å². The number of hydrogen-bond acceptors (Lipinski definition) is 3. The van der Waals surface area contributed by atoms with Gasteiger partial charge in [0.25, 0.3) is 0 Å². The van der Waals surface area contributed by atoms with Gasteiger partial charge in [-0.1, -0.05) is 12.1 Å². The van der Waals surface area contributed by atoms with Crippen molar-refractivity contribution in [1.29, 1.82) is 0 Å². The van der Waals surface area contributed by atoms with E-state index >= 15 is 0 Å². The van der Waals surface area contributed by atoms with Gasteiger partial charge in [-0.25, -0.2) is 14.6 Å². The fourth-order valence-electron chi connectivity index (χ4n) is 2.79. The molecule has 1 heterocycles. The summed E-state index contributed by atoms with van der Waals surface area (Å²) in [7, 11) is 0. The second kappa shape index (κ2) is 7.12. The summed E-state index contributed by atoms with van der Waals surface area (Å²) in [6.07, 6.45) is 6.30. The minimum absolute atomic E-state index is 0.224. The molecule has 0 radical (unpaired) electrons. The van der Waals surface area contributed by atoms with Gasteiger partial charge in [0.1, 0.15) is 5.82 Å². The average Bonchev–Trinajstić information content (AvgIpc) is 2.60. The number of nitrogens with one attached hydrogen (secondary N) is 2. The van der Waals surface area contributed by atoms with Crippen LogP contribution in [0.1, 0.15) is 39.9 Å². The molecule has 24 heavy (non-hydrogen) atoms. The van der Waals surface area contributed by atoms with E-state index in [-0.39, 0.29) is 11.6 Å². The Morgan fingerprint density at radius 2 is 1.79 bits per heavy atom. The van der Waals surface area contributed by atoms with Crippen molar-refractivity contribution in [3.63, 3.8) is 0 Å². The molecule has 3 rings (SSSR count). The van der Waals surface area contributed by atoms with Crippen molar-refractivity contribution in [2.45, 2.75) is 32.2 Å². The first-order valence-electron chi connectivity index (χ1n) is 7.97. The van der Waals surface area contributed by atoms with Crippen molar-refractivity contribution in [3.8, 4) is 0 Å². The number of carboxylic acid groups (broad SMARTS) is 1. The van der Waals surface area contributed by atoms with Crippen molar-refractivity contribution >= 4 is 17.8 Å². The summed E-state index contributed by atoms with van der Waals surface area (Å²) in [5.74, 6) is -0.417. The number of anilines is 1. The summed E-state index contributed by atoms with van der Waals surface area (Å²) in [4.78, 5) is 27.1. The quantitative estimate of drug-likeness (QED) is 0.806. The van der Waals surface area contributed by atoms with E-state index in [9.17, 15) is 9.59 Å². The lowest BCUT2D eigenvalue weighted by Crippen LogP contribution is -2.28. The smallest absolute Gasteiger partial charge is 0.335 e. The number of carbonyl (C=O) groups is 2. The Labute approximate surface area is 139 Å². The Balaban J connectivity index is 1.55. The molecule has 0 unspecified atom stereocenters. The monoisotopic (exact) mass is 325 g/mol. The van der Waals surface area contributed by atoms with E-state index in [1.54, 1.807) is 12.1 Å². The predicted molar refractivity (Wildman–Crippen MR) is 90.1 cm³/mol. The Bertz CT molecular complexity index is 757. The Morgan fingerprint density at radius 1 is 1.08 bits per heavy atom. The molecule has 1 aromatic carbocycles. The van der Waals surface area contributed by atoms with E-state index in [0.717, 1.165) is 18.4 Å². The molecule has 6 nitrogen and oxygen atoms in total. The summed E-state index contributed by atoms with van der Waals surface area (Å²) in [5.41, 5.74) is 3.58. The molecule has 0 spiro atoms. The van der Waals surface area contributed by atoms with Gasteiger partial charge in [0.05, 0.1) is 5.56 Å². The maximum Gasteiger partial charge on any atom is 0.335 e. The lowest BCUT2D eigenvalue weighted by atomic mass is 9.93. The molecule has 1 aliphatic carbocycles. The number of fused-ring (bicyclic) bond motifs is 1. The molecule has 2 amide bonds. The van der Waals surface area contributed by atoms with Gasteiger partial charge in [-0.05, 0) is 60.6 Å². The molecular formula is C18H19N3O3. The number of aromatic nitrogens is 1. The topological polar surface area (TPSA) is 91.3 Å². The number of amides is 2. The minimum atomic E-state index is -0.967. The molecule has 6 heteroatoms. The Kier molecular flexibility index (Phi) is 4.74. The van der Waals surface area contributed by atoms with Gasteiger partial charge in [-0.15, -0.1) is 0 Å². The van der Waals surface area contributed by atoms with Gasteiger partial charge in [0, 0.05) is 12.7 Å². The number of pyridine rings is 1. The molecule has 124 valence electrons. The average molecular weight is 325 g/mol. The molecule has 0 aliphatic heterocycles. The number of hydrogen-bond donors (Lipinski definition) is 3. The van der Waals surface area contributed by atoms with Crippen LogP contribution in [-0.4, -0.2) is 22.1 Å². The maximum atomic E-state index is 12.0. The highest BCUT2D eigenvalue weighted by molar-refractivity contribution is 5.88. The van der Waals surface area contributed by atoms with Gasteiger partial charge in [-0.2, -0.15) is 0 Å². The molecule has 1 aliphatic rings. The summed E-state index contributed by atoms with van der Waals surface area (Å²) >= 11 is 0. The van der Waals surface area contributed by atoms with E-state index in [1.165, 1.54) is 36.1 Å². The second-order valence-corrected chi connectivity index (χ2v) is 5.86. The standard InChI is InChI=1S/C18H19N3O3/c22-17(23)13-7-5-12(6-8-13)10-20-18(24)21-16-9-14-3-1-2-4-15(14)11-19-16/h5-9,11H,1-4,10H2,(H,22,23)(H2,19,20,21,24). The zero-order valence-corrected chi connectivity index (χ0v) is 13.2. The third-order valence-corrected chi connectivity index (χ3v) is 4.12. The fourth-order valence-corrected chi connectivity index (χ4v) is 2.79. The number of benzene rings is 1. The highest BCUT2D eigenvalue weighted by Gasteiger charge is 2.11. The van der Waals surface area contributed by atoms with Crippen LogP contribution in [0.4, 0.5) is 10.6 Å². The molecule has 0 bridgehead atoms. The highest BCUT2D eigenvalue weighted by Crippen LogP contribution is 2.22. The van der Waals surface area contributed by atoms with E-state index in [0.29, 0.717) is 12.4 Å². The molecule has 0 saturated heterocycles. The minimum Gasteiger partial charge on any atom is -0.478 e. The van der Waals surface area contributed by atoms with Crippen LogP contribution in [0.25, 0.3) is 0 Å². The number of carboxylic acids is 1. The van der Waals surface area contributed by atoms with Crippen LogP contribution >= 0.6 is 0 Å². The summed E-state index contributed by atoms with van der Waals surface area (Å²) in [5, 5.41) is 14.3. The van der Waals surface area contributed by atoms with Gasteiger partial charge in [0.2, 0.25) is 0 Å². The predicted octanol–water partition coefficient (Wildman–Crippen LogP) is 2.98. The van der Waals surface area contributed by atoms with Crippen LogP contribution in [0, 0.1) is 0 Å². The maximum absolute atomic E-state index is 12.0. The molecule has 0 atom stereocenters. The second-order valence-electron chi connectivity index (χ2n) is 5.86. The van der Waals surface area contributed by atoms with Crippen molar-refractivity contribution in [3.05, 3.63) is 58.8 Å². The molecule has 2 aromatic rings. The molecule has 0 fully saturated rings. The number of carbonyl (C=O) groups excluding carboxylic acids is 1. The summed E-state index contributed by atoms with van der Waals surface area (Å²) < 4.78 is 0.